The number of aryl methyl sites for hydroxylation is 2. The zero-order valence-corrected chi connectivity index (χ0v) is 17.1. The second-order valence-corrected chi connectivity index (χ2v) is 8.15. The first-order valence-electron chi connectivity index (χ1n) is 10.4. The van der Waals surface area contributed by atoms with E-state index in [1.165, 1.54) is 5.69 Å². The van der Waals surface area contributed by atoms with E-state index in [4.69, 9.17) is 4.74 Å². The molecule has 1 atom stereocenters. The SMILES string of the molecule is CCC1(C)CC(=O)c2cc(NC(=O)CCc3cc4n(n3)CCCNC4)ccc2O1. The van der Waals surface area contributed by atoms with Crippen molar-refractivity contribution in [2.75, 3.05) is 11.9 Å². The van der Waals surface area contributed by atoms with E-state index in [0.29, 0.717) is 36.3 Å². The highest BCUT2D eigenvalue weighted by Crippen LogP contribution is 2.36. The summed E-state index contributed by atoms with van der Waals surface area (Å²) in [5.74, 6) is 0.561. The molecular weight excluding hydrogens is 368 g/mol. The first kappa shape index (κ1) is 19.6. The molecule has 4 rings (SSSR count). The number of aromatic nitrogens is 2. The minimum absolute atomic E-state index is 0.0554. The van der Waals surface area contributed by atoms with Crippen LogP contribution in [0.3, 0.4) is 0 Å². The Bertz CT molecular complexity index is 913. The van der Waals surface area contributed by atoms with Crippen molar-refractivity contribution in [3.63, 3.8) is 0 Å². The quantitative estimate of drug-likeness (QED) is 0.811. The number of carbonyl (C=O) groups is 2. The van der Waals surface area contributed by atoms with Crippen molar-refractivity contribution in [2.45, 2.75) is 64.6 Å². The van der Waals surface area contributed by atoms with Crippen LogP contribution in [0, 0.1) is 0 Å². The smallest absolute Gasteiger partial charge is 0.224 e. The van der Waals surface area contributed by atoms with E-state index in [-0.39, 0.29) is 11.7 Å². The first-order chi connectivity index (χ1) is 14.0. The monoisotopic (exact) mass is 396 g/mol. The number of hydrogen-bond acceptors (Lipinski definition) is 5. The van der Waals surface area contributed by atoms with Crippen molar-refractivity contribution >= 4 is 17.4 Å². The third kappa shape index (κ3) is 4.34. The molecule has 1 aromatic heterocycles. The molecule has 1 unspecified atom stereocenters. The largest absolute Gasteiger partial charge is 0.486 e. The standard InChI is InChI=1S/C22H28N4O3/c1-3-22(2)13-19(27)18-12-15(5-7-20(18)29-22)24-21(28)8-6-16-11-17-14-23-9-4-10-26(17)25-16/h5,7,11-12,23H,3-4,6,8-10,13-14H2,1-2H3,(H,24,28). The van der Waals surface area contributed by atoms with Gasteiger partial charge in [-0.3, -0.25) is 14.3 Å². The number of ketones is 1. The average molecular weight is 396 g/mol. The first-order valence-corrected chi connectivity index (χ1v) is 10.4. The maximum absolute atomic E-state index is 12.5. The van der Waals surface area contributed by atoms with Gasteiger partial charge in [0.1, 0.15) is 11.4 Å². The molecule has 1 amide bonds. The Balaban J connectivity index is 1.37. The predicted octanol–water partition coefficient (Wildman–Crippen LogP) is 3.08. The zero-order valence-electron chi connectivity index (χ0n) is 17.1. The molecule has 2 aliphatic heterocycles. The van der Waals surface area contributed by atoms with E-state index in [0.717, 1.165) is 38.2 Å². The second-order valence-electron chi connectivity index (χ2n) is 8.15. The van der Waals surface area contributed by atoms with E-state index in [2.05, 4.69) is 21.8 Å². The second kappa shape index (κ2) is 7.99. The average Bonchev–Trinajstić information content (AvgIpc) is 2.96. The third-order valence-corrected chi connectivity index (χ3v) is 5.75. The summed E-state index contributed by atoms with van der Waals surface area (Å²) in [7, 11) is 0. The molecule has 7 heteroatoms. The fourth-order valence-electron chi connectivity index (χ4n) is 3.86. The van der Waals surface area contributed by atoms with E-state index in [1.807, 2.05) is 18.5 Å². The molecule has 2 N–H and O–H groups in total. The van der Waals surface area contributed by atoms with Gasteiger partial charge in [-0.05, 0) is 50.6 Å². The molecule has 0 fully saturated rings. The Morgan fingerprint density at radius 1 is 1.38 bits per heavy atom. The third-order valence-electron chi connectivity index (χ3n) is 5.75. The molecule has 0 radical (unpaired) electrons. The number of amides is 1. The van der Waals surface area contributed by atoms with Crippen molar-refractivity contribution in [3.8, 4) is 5.75 Å². The number of benzene rings is 1. The summed E-state index contributed by atoms with van der Waals surface area (Å²) in [6, 6.07) is 7.35. The van der Waals surface area contributed by atoms with Crippen LogP contribution in [0.25, 0.3) is 0 Å². The molecule has 3 heterocycles. The van der Waals surface area contributed by atoms with Gasteiger partial charge in [-0.15, -0.1) is 0 Å². The predicted molar refractivity (Wildman–Crippen MR) is 110 cm³/mol. The summed E-state index contributed by atoms with van der Waals surface area (Å²) in [4.78, 5) is 24.9. The summed E-state index contributed by atoms with van der Waals surface area (Å²) in [5, 5.41) is 10.9. The van der Waals surface area contributed by atoms with Crippen molar-refractivity contribution in [1.82, 2.24) is 15.1 Å². The number of hydrogen-bond donors (Lipinski definition) is 2. The van der Waals surface area contributed by atoms with Crippen molar-refractivity contribution in [3.05, 3.63) is 41.2 Å². The van der Waals surface area contributed by atoms with E-state index >= 15 is 0 Å². The highest BCUT2D eigenvalue weighted by atomic mass is 16.5. The number of anilines is 1. The molecule has 1 aromatic carbocycles. The van der Waals surface area contributed by atoms with Gasteiger partial charge in [0.25, 0.3) is 0 Å². The van der Waals surface area contributed by atoms with Crippen LogP contribution in [0.2, 0.25) is 0 Å². The Kier molecular flexibility index (Phi) is 5.41. The molecule has 29 heavy (non-hydrogen) atoms. The Morgan fingerprint density at radius 2 is 2.24 bits per heavy atom. The molecule has 2 aliphatic rings. The highest BCUT2D eigenvalue weighted by Gasteiger charge is 2.35. The van der Waals surface area contributed by atoms with Gasteiger partial charge in [0.15, 0.2) is 5.78 Å². The lowest BCUT2D eigenvalue weighted by atomic mass is 9.89. The minimum atomic E-state index is -0.451. The molecule has 7 nitrogen and oxygen atoms in total. The Morgan fingerprint density at radius 3 is 3.07 bits per heavy atom. The van der Waals surface area contributed by atoms with Gasteiger partial charge >= 0.3 is 0 Å². The van der Waals surface area contributed by atoms with Crippen LogP contribution in [0.15, 0.2) is 24.3 Å². The van der Waals surface area contributed by atoms with Gasteiger partial charge in [0.2, 0.25) is 5.91 Å². The zero-order chi connectivity index (χ0) is 20.4. The molecule has 0 spiro atoms. The molecule has 0 bridgehead atoms. The number of fused-ring (bicyclic) bond motifs is 2. The van der Waals surface area contributed by atoms with E-state index in [9.17, 15) is 9.59 Å². The summed E-state index contributed by atoms with van der Waals surface area (Å²) < 4.78 is 8.04. The summed E-state index contributed by atoms with van der Waals surface area (Å²) in [6.45, 7) is 6.71. The number of ether oxygens (including phenoxy) is 1. The summed E-state index contributed by atoms with van der Waals surface area (Å²) >= 11 is 0. The summed E-state index contributed by atoms with van der Waals surface area (Å²) in [6.07, 6.45) is 3.12. The van der Waals surface area contributed by atoms with Gasteiger partial charge < -0.3 is 15.4 Å². The van der Waals surface area contributed by atoms with Crippen LogP contribution in [0.1, 0.15) is 61.3 Å². The number of nitrogens with one attached hydrogen (secondary N) is 2. The Labute approximate surface area is 170 Å². The lowest BCUT2D eigenvalue weighted by Crippen LogP contribution is -2.38. The number of Topliss-reactive ketones (excluding diaryl/α,β-unsaturated/α-hetero) is 1. The van der Waals surface area contributed by atoms with Gasteiger partial charge in [-0.25, -0.2) is 0 Å². The molecule has 0 saturated heterocycles. The van der Waals surface area contributed by atoms with Crippen LogP contribution in [0.4, 0.5) is 5.69 Å². The maximum Gasteiger partial charge on any atom is 0.224 e. The normalized spacial score (nSPS) is 21.0. The molecule has 0 aliphatic carbocycles. The van der Waals surface area contributed by atoms with E-state index < -0.39 is 5.60 Å². The topological polar surface area (TPSA) is 85.2 Å². The van der Waals surface area contributed by atoms with Crippen LogP contribution < -0.4 is 15.4 Å². The van der Waals surface area contributed by atoms with Gasteiger partial charge in [-0.1, -0.05) is 6.92 Å². The van der Waals surface area contributed by atoms with E-state index in [1.54, 1.807) is 18.2 Å². The van der Waals surface area contributed by atoms with Crippen LogP contribution in [0.5, 0.6) is 5.75 Å². The fraction of sp³-hybridized carbons (Fsp3) is 0.500. The number of nitrogens with zero attached hydrogens (tertiary/aromatic N) is 2. The maximum atomic E-state index is 12.5. The van der Waals surface area contributed by atoms with Crippen molar-refractivity contribution in [1.29, 1.82) is 0 Å². The van der Waals surface area contributed by atoms with Gasteiger partial charge in [-0.2, -0.15) is 5.10 Å². The van der Waals surface area contributed by atoms with Crippen molar-refractivity contribution in [2.24, 2.45) is 0 Å². The number of carbonyl (C=O) groups excluding carboxylic acids is 2. The van der Waals surface area contributed by atoms with Crippen molar-refractivity contribution < 1.29 is 14.3 Å². The Hall–Kier alpha value is -2.67. The van der Waals surface area contributed by atoms with Gasteiger partial charge in [0, 0.05) is 31.6 Å². The lowest BCUT2D eigenvalue weighted by molar-refractivity contribution is -0.116. The number of rotatable bonds is 5. The molecular formula is C22H28N4O3. The molecule has 154 valence electrons. The molecule has 2 aromatic rings. The lowest BCUT2D eigenvalue weighted by Gasteiger charge is -2.34. The highest BCUT2D eigenvalue weighted by molar-refractivity contribution is 6.02. The van der Waals surface area contributed by atoms with Crippen LogP contribution >= 0.6 is 0 Å². The molecule has 0 saturated carbocycles. The van der Waals surface area contributed by atoms with Crippen LogP contribution in [-0.4, -0.2) is 33.6 Å². The minimum Gasteiger partial charge on any atom is -0.486 e. The summed E-state index contributed by atoms with van der Waals surface area (Å²) in [5.41, 5.74) is 2.82. The fourth-order valence-corrected chi connectivity index (χ4v) is 3.86. The van der Waals surface area contributed by atoms with Crippen LogP contribution in [-0.2, 0) is 24.3 Å². The van der Waals surface area contributed by atoms with Gasteiger partial charge in [0.05, 0.1) is 23.4 Å².